The van der Waals surface area contributed by atoms with Crippen molar-refractivity contribution in [2.45, 2.75) is 0 Å². The van der Waals surface area contributed by atoms with E-state index in [9.17, 15) is 9.18 Å². The standard InChI is InChI=1S/C11H6BrFN2O3/c12-7-1-2-8(13)9(3-7)18-11-14-4-6(5-15-11)10(16)17/h1-5H,(H,16,17). The van der Waals surface area contributed by atoms with Gasteiger partial charge in [-0.3, -0.25) is 0 Å². The van der Waals surface area contributed by atoms with Gasteiger partial charge in [0, 0.05) is 16.9 Å². The molecule has 0 amide bonds. The molecule has 92 valence electrons. The molecule has 0 unspecified atom stereocenters. The first kappa shape index (κ1) is 12.4. The minimum Gasteiger partial charge on any atom is -0.478 e. The first-order valence-corrected chi connectivity index (χ1v) is 5.54. The number of benzene rings is 1. The molecule has 0 fully saturated rings. The number of aromatic carboxylic acids is 1. The summed E-state index contributed by atoms with van der Waals surface area (Å²) in [6.07, 6.45) is 2.17. The average molecular weight is 313 g/mol. The molecule has 0 aliphatic carbocycles. The van der Waals surface area contributed by atoms with Gasteiger partial charge in [0.05, 0.1) is 5.56 Å². The van der Waals surface area contributed by atoms with E-state index in [1.807, 2.05) is 0 Å². The summed E-state index contributed by atoms with van der Waals surface area (Å²) in [6, 6.07) is 4.04. The van der Waals surface area contributed by atoms with Crippen molar-refractivity contribution >= 4 is 21.9 Å². The fraction of sp³-hybridized carbons (Fsp3) is 0. The van der Waals surface area contributed by atoms with E-state index >= 15 is 0 Å². The maximum Gasteiger partial charge on any atom is 0.338 e. The van der Waals surface area contributed by atoms with Crippen LogP contribution in [0.3, 0.4) is 0 Å². The third-order valence-corrected chi connectivity index (χ3v) is 2.46. The molecule has 0 spiro atoms. The molecule has 0 aliphatic rings. The monoisotopic (exact) mass is 312 g/mol. The fourth-order valence-electron chi connectivity index (χ4n) is 1.13. The first-order valence-electron chi connectivity index (χ1n) is 4.74. The van der Waals surface area contributed by atoms with Crippen LogP contribution in [0.5, 0.6) is 11.8 Å². The van der Waals surface area contributed by atoms with Crippen LogP contribution in [0, 0.1) is 5.82 Å². The molecular formula is C11H6BrFN2O3. The van der Waals surface area contributed by atoms with Gasteiger partial charge in [-0.1, -0.05) is 15.9 Å². The predicted octanol–water partition coefficient (Wildman–Crippen LogP) is 2.87. The second kappa shape index (κ2) is 5.09. The highest BCUT2D eigenvalue weighted by Gasteiger charge is 2.09. The maximum atomic E-state index is 13.4. The highest BCUT2D eigenvalue weighted by Crippen LogP contribution is 2.25. The smallest absolute Gasteiger partial charge is 0.338 e. The second-order valence-corrected chi connectivity index (χ2v) is 4.15. The van der Waals surface area contributed by atoms with Gasteiger partial charge in [-0.15, -0.1) is 0 Å². The summed E-state index contributed by atoms with van der Waals surface area (Å²) in [4.78, 5) is 17.9. The van der Waals surface area contributed by atoms with Crippen molar-refractivity contribution in [3.05, 3.63) is 46.4 Å². The number of nitrogens with zero attached hydrogens (tertiary/aromatic N) is 2. The van der Waals surface area contributed by atoms with E-state index in [1.165, 1.54) is 18.2 Å². The Morgan fingerprint density at radius 2 is 2.00 bits per heavy atom. The van der Waals surface area contributed by atoms with Crippen LogP contribution in [-0.2, 0) is 0 Å². The molecule has 1 aromatic carbocycles. The lowest BCUT2D eigenvalue weighted by Crippen LogP contribution is -2.00. The predicted molar refractivity (Wildman–Crippen MR) is 63.2 cm³/mol. The summed E-state index contributed by atoms with van der Waals surface area (Å²) in [7, 11) is 0. The van der Waals surface area contributed by atoms with Crippen molar-refractivity contribution in [3.63, 3.8) is 0 Å². The summed E-state index contributed by atoms with van der Waals surface area (Å²) >= 11 is 3.18. The van der Waals surface area contributed by atoms with E-state index in [0.717, 1.165) is 12.4 Å². The number of ether oxygens (including phenoxy) is 1. The van der Waals surface area contributed by atoms with E-state index in [4.69, 9.17) is 9.84 Å². The van der Waals surface area contributed by atoms with Crippen molar-refractivity contribution in [2.75, 3.05) is 0 Å². The molecule has 0 aliphatic heterocycles. The number of aromatic nitrogens is 2. The number of hydrogen-bond donors (Lipinski definition) is 1. The summed E-state index contributed by atoms with van der Waals surface area (Å²) in [5.41, 5.74) is -0.0722. The van der Waals surface area contributed by atoms with Crippen molar-refractivity contribution in [1.82, 2.24) is 9.97 Å². The molecule has 18 heavy (non-hydrogen) atoms. The largest absolute Gasteiger partial charge is 0.478 e. The van der Waals surface area contributed by atoms with E-state index in [-0.39, 0.29) is 17.3 Å². The van der Waals surface area contributed by atoms with Crippen molar-refractivity contribution < 1.29 is 19.0 Å². The van der Waals surface area contributed by atoms with Gasteiger partial charge in [0.1, 0.15) is 0 Å². The van der Waals surface area contributed by atoms with E-state index in [0.29, 0.717) is 4.47 Å². The normalized spacial score (nSPS) is 10.1. The van der Waals surface area contributed by atoms with Crippen molar-refractivity contribution in [2.24, 2.45) is 0 Å². The average Bonchev–Trinajstić information content (AvgIpc) is 2.34. The third-order valence-electron chi connectivity index (χ3n) is 1.97. The van der Waals surface area contributed by atoms with Gasteiger partial charge in [-0.05, 0) is 18.2 Å². The van der Waals surface area contributed by atoms with Crippen LogP contribution in [0.2, 0.25) is 0 Å². The Bertz CT molecular complexity index is 589. The lowest BCUT2D eigenvalue weighted by molar-refractivity contribution is 0.0696. The third kappa shape index (κ3) is 2.80. The maximum absolute atomic E-state index is 13.4. The fourth-order valence-corrected chi connectivity index (χ4v) is 1.47. The van der Waals surface area contributed by atoms with Crippen molar-refractivity contribution in [3.8, 4) is 11.8 Å². The lowest BCUT2D eigenvalue weighted by Gasteiger charge is -2.05. The Balaban J connectivity index is 2.23. The lowest BCUT2D eigenvalue weighted by atomic mass is 10.3. The Kier molecular flexibility index (Phi) is 3.52. The molecule has 1 aromatic heterocycles. The van der Waals surface area contributed by atoms with Gasteiger partial charge in [0.15, 0.2) is 11.6 Å². The zero-order chi connectivity index (χ0) is 13.1. The Morgan fingerprint density at radius 3 is 2.61 bits per heavy atom. The molecule has 0 radical (unpaired) electrons. The molecule has 2 aromatic rings. The van der Waals surface area contributed by atoms with Gasteiger partial charge in [0.25, 0.3) is 0 Å². The highest BCUT2D eigenvalue weighted by atomic mass is 79.9. The molecule has 0 saturated carbocycles. The first-order chi connectivity index (χ1) is 8.56. The summed E-state index contributed by atoms with van der Waals surface area (Å²) < 4.78 is 19.1. The zero-order valence-corrected chi connectivity index (χ0v) is 10.4. The van der Waals surface area contributed by atoms with Gasteiger partial charge >= 0.3 is 12.0 Å². The SMILES string of the molecule is O=C(O)c1cnc(Oc2cc(Br)ccc2F)nc1. The molecule has 0 atom stereocenters. The van der Waals surface area contributed by atoms with Gasteiger partial charge in [-0.25, -0.2) is 19.2 Å². The molecule has 7 heteroatoms. The summed E-state index contributed by atoms with van der Waals surface area (Å²) in [5.74, 6) is -1.76. The Morgan fingerprint density at radius 1 is 1.33 bits per heavy atom. The number of carboxylic acid groups (broad SMARTS) is 1. The van der Waals surface area contributed by atoms with Crippen LogP contribution in [-0.4, -0.2) is 21.0 Å². The minimum absolute atomic E-state index is 0.0487. The molecule has 2 rings (SSSR count). The van der Waals surface area contributed by atoms with E-state index in [2.05, 4.69) is 25.9 Å². The van der Waals surface area contributed by atoms with Crippen LogP contribution in [0.25, 0.3) is 0 Å². The topological polar surface area (TPSA) is 72.3 Å². The summed E-state index contributed by atoms with van der Waals surface area (Å²) in [5, 5.41) is 8.66. The molecule has 0 bridgehead atoms. The van der Waals surface area contributed by atoms with E-state index < -0.39 is 11.8 Å². The highest BCUT2D eigenvalue weighted by molar-refractivity contribution is 9.10. The molecule has 0 saturated heterocycles. The van der Waals surface area contributed by atoms with Crippen LogP contribution < -0.4 is 4.74 Å². The molecule has 1 N–H and O–H groups in total. The number of carbonyl (C=O) groups is 1. The van der Waals surface area contributed by atoms with Crippen LogP contribution in [0.15, 0.2) is 35.1 Å². The van der Waals surface area contributed by atoms with Crippen molar-refractivity contribution in [1.29, 1.82) is 0 Å². The quantitative estimate of drug-likeness (QED) is 0.943. The van der Waals surface area contributed by atoms with Gasteiger partial charge in [0.2, 0.25) is 0 Å². The molecule has 5 nitrogen and oxygen atoms in total. The number of halogens is 2. The van der Waals surface area contributed by atoms with Crippen LogP contribution in [0.1, 0.15) is 10.4 Å². The Labute approximate surface area is 109 Å². The number of carboxylic acids is 1. The zero-order valence-electron chi connectivity index (χ0n) is 8.80. The molecule has 1 heterocycles. The van der Waals surface area contributed by atoms with Crippen LogP contribution >= 0.6 is 15.9 Å². The summed E-state index contributed by atoms with van der Waals surface area (Å²) in [6.45, 7) is 0. The minimum atomic E-state index is -1.14. The van der Waals surface area contributed by atoms with E-state index in [1.54, 1.807) is 0 Å². The van der Waals surface area contributed by atoms with Crippen LogP contribution in [0.4, 0.5) is 4.39 Å². The molecular weight excluding hydrogens is 307 g/mol. The Hall–Kier alpha value is -2.02. The van der Waals surface area contributed by atoms with Gasteiger partial charge in [-0.2, -0.15) is 0 Å². The number of rotatable bonds is 3. The van der Waals surface area contributed by atoms with Gasteiger partial charge < -0.3 is 9.84 Å². The second-order valence-electron chi connectivity index (χ2n) is 3.24. The number of hydrogen-bond acceptors (Lipinski definition) is 4.